The monoisotopic (exact) mass is 252 g/mol. The Morgan fingerprint density at radius 3 is 2.67 bits per heavy atom. The van der Waals surface area contributed by atoms with E-state index in [0.29, 0.717) is 6.54 Å². The van der Waals surface area contributed by atoms with E-state index < -0.39 is 0 Å². The number of nitrogens with two attached hydrogens (primary N) is 1. The lowest BCUT2D eigenvalue weighted by Gasteiger charge is -2.24. The Morgan fingerprint density at radius 1 is 1.33 bits per heavy atom. The highest BCUT2D eigenvalue weighted by molar-refractivity contribution is 5.48. The summed E-state index contributed by atoms with van der Waals surface area (Å²) in [5.74, 6) is 1.73. The number of likely N-dealkylation sites (N-methyl/N-ethyl adjacent to an activating group) is 2. The molecule has 0 aliphatic rings. The average molecular weight is 252 g/mol. The van der Waals surface area contributed by atoms with E-state index in [9.17, 15) is 0 Å². The molecule has 1 heterocycles. The van der Waals surface area contributed by atoms with Crippen molar-refractivity contribution in [3.8, 4) is 0 Å². The van der Waals surface area contributed by atoms with Gasteiger partial charge in [-0.25, -0.2) is 9.97 Å². The highest BCUT2D eigenvalue weighted by Gasteiger charge is 2.10. The molecule has 0 amide bonds. The maximum absolute atomic E-state index is 5.66. The van der Waals surface area contributed by atoms with Gasteiger partial charge in [0.15, 0.2) is 0 Å². The zero-order valence-corrected chi connectivity index (χ0v) is 11.7. The molecule has 6 heteroatoms. The molecule has 0 radical (unpaired) electrons. The van der Waals surface area contributed by atoms with Crippen LogP contribution in [0.25, 0.3) is 0 Å². The zero-order chi connectivity index (χ0) is 13.5. The van der Waals surface area contributed by atoms with Gasteiger partial charge in [0.25, 0.3) is 0 Å². The molecule has 1 rings (SSSR count). The van der Waals surface area contributed by atoms with Crippen molar-refractivity contribution in [3.05, 3.63) is 12.4 Å². The Balaban J connectivity index is 2.61. The largest absolute Gasteiger partial charge is 0.369 e. The van der Waals surface area contributed by atoms with Crippen molar-refractivity contribution in [3.63, 3.8) is 0 Å². The Hall–Kier alpha value is -1.40. The fourth-order valence-corrected chi connectivity index (χ4v) is 1.43. The highest BCUT2D eigenvalue weighted by atomic mass is 15.2. The van der Waals surface area contributed by atoms with Crippen LogP contribution in [0.15, 0.2) is 12.4 Å². The van der Waals surface area contributed by atoms with E-state index in [0.717, 1.165) is 24.7 Å². The molecule has 102 valence electrons. The van der Waals surface area contributed by atoms with Crippen LogP contribution in [0.2, 0.25) is 0 Å². The Morgan fingerprint density at radius 2 is 2.06 bits per heavy atom. The number of aromatic nitrogens is 2. The third-order valence-electron chi connectivity index (χ3n) is 2.88. The van der Waals surface area contributed by atoms with Crippen molar-refractivity contribution in [2.24, 2.45) is 5.73 Å². The Labute approximate surface area is 109 Å². The number of hydrogen-bond acceptors (Lipinski definition) is 6. The van der Waals surface area contributed by atoms with E-state index in [1.165, 1.54) is 0 Å². The molecule has 0 aliphatic carbocycles. The summed E-state index contributed by atoms with van der Waals surface area (Å²) in [6.45, 7) is 4.50. The van der Waals surface area contributed by atoms with Crippen molar-refractivity contribution in [1.82, 2.24) is 14.9 Å². The number of nitrogens with one attached hydrogen (secondary N) is 1. The third-order valence-corrected chi connectivity index (χ3v) is 2.88. The van der Waals surface area contributed by atoms with Gasteiger partial charge in [0.1, 0.15) is 18.0 Å². The normalized spacial score (nSPS) is 12.6. The van der Waals surface area contributed by atoms with E-state index in [4.69, 9.17) is 5.73 Å². The summed E-state index contributed by atoms with van der Waals surface area (Å²) in [6, 6.07) is 2.21. The van der Waals surface area contributed by atoms with E-state index >= 15 is 0 Å². The molecule has 1 atom stereocenters. The predicted octanol–water partition coefficient (Wildman–Crippen LogP) is 0.234. The van der Waals surface area contributed by atoms with Crippen molar-refractivity contribution >= 4 is 11.6 Å². The highest BCUT2D eigenvalue weighted by Crippen LogP contribution is 2.14. The first-order valence-electron chi connectivity index (χ1n) is 6.18. The fraction of sp³-hybridized carbons (Fsp3) is 0.667. The van der Waals surface area contributed by atoms with Crippen LogP contribution in [0.5, 0.6) is 0 Å². The molecular weight excluding hydrogens is 228 g/mol. The average Bonchev–Trinajstić information content (AvgIpc) is 2.37. The van der Waals surface area contributed by atoms with E-state index in [1.807, 2.05) is 27.2 Å². The lowest BCUT2D eigenvalue weighted by atomic mass is 10.3. The van der Waals surface area contributed by atoms with Gasteiger partial charge >= 0.3 is 0 Å². The van der Waals surface area contributed by atoms with Gasteiger partial charge < -0.3 is 20.9 Å². The molecule has 0 saturated heterocycles. The SMILES string of the molecule is CC(CN)N(C)c1cc(NCCN(C)C)ncn1. The molecule has 3 N–H and O–H groups in total. The van der Waals surface area contributed by atoms with Crippen LogP contribution in [-0.4, -0.2) is 61.7 Å². The van der Waals surface area contributed by atoms with Gasteiger partial charge in [0.05, 0.1) is 0 Å². The van der Waals surface area contributed by atoms with Gasteiger partial charge in [-0.05, 0) is 21.0 Å². The van der Waals surface area contributed by atoms with Crippen LogP contribution in [0.3, 0.4) is 0 Å². The third kappa shape index (κ3) is 4.46. The van der Waals surface area contributed by atoms with Crippen molar-refractivity contribution in [2.45, 2.75) is 13.0 Å². The van der Waals surface area contributed by atoms with Gasteiger partial charge in [-0.3, -0.25) is 0 Å². The minimum absolute atomic E-state index is 0.259. The molecule has 0 spiro atoms. The number of nitrogens with zero attached hydrogens (tertiary/aromatic N) is 4. The van der Waals surface area contributed by atoms with Crippen LogP contribution in [0.4, 0.5) is 11.6 Å². The van der Waals surface area contributed by atoms with Crippen LogP contribution in [-0.2, 0) is 0 Å². The number of anilines is 2. The van der Waals surface area contributed by atoms with Crippen LogP contribution in [0.1, 0.15) is 6.92 Å². The first-order valence-corrected chi connectivity index (χ1v) is 6.18. The second-order valence-corrected chi connectivity index (χ2v) is 4.69. The standard InChI is InChI=1S/C12H24N6/c1-10(8-13)18(4)12-7-11(15-9-16-12)14-5-6-17(2)3/h7,9-10H,5-6,8,13H2,1-4H3,(H,14,15,16). The zero-order valence-electron chi connectivity index (χ0n) is 11.7. The van der Waals surface area contributed by atoms with Gasteiger partial charge in [-0.15, -0.1) is 0 Å². The van der Waals surface area contributed by atoms with Crippen LogP contribution >= 0.6 is 0 Å². The van der Waals surface area contributed by atoms with Crippen molar-refractivity contribution < 1.29 is 0 Å². The summed E-state index contributed by atoms with van der Waals surface area (Å²) in [6.07, 6.45) is 1.58. The minimum atomic E-state index is 0.259. The van der Waals surface area contributed by atoms with E-state index in [-0.39, 0.29) is 6.04 Å². The minimum Gasteiger partial charge on any atom is -0.369 e. The van der Waals surface area contributed by atoms with Gasteiger partial charge in [-0.1, -0.05) is 0 Å². The molecule has 1 unspecified atom stereocenters. The van der Waals surface area contributed by atoms with E-state index in [2.05, 4.69) is 32.0 Å². The molecule has 0 bridgehead atoms. The molecule has 1 aromatic heterocycles. The summed E-state index contributed by atoms with van der Waals surface area (Å²) in [7, 11) is 6.08. The second-order valence-electron chi connectivity index (χ2n) is 4.69. The topological polar surface area (TPSA) is 70.3 Å². The Bertz CT molecular complexity index is 354. The van der Waals surface area contributed by atoms with Crippen LogP contribution < -0.4 is 16.0 Å². The molecule has 0 fully saturated rings. The molecule has 0 aliphatic heterocycles. The molecular formula is C12H24N6. The maximum atomic E-state index is 5.66. The lowest BCUT2D eigenvalue weighted by Crippen LogP contribution is -2.35. The smallest absolute Gasteiger partial charge is 0.134 e. The molecule has 0 aromatic carbocycles. The van der Waals surface area contributed by atoms with Crippen molar-refractivity contribution in [1.29, 1.82) is 0 Å². The summed E-state index contributed by atoms with van der Waals surface area (Å²) < 4.78 is 0. The van der Waals surface area contributed by atoms with Crippen LogP contribution in [0, 0.1) is 0 Å². The molecule has 0 saturated carbocycles. The maximum Gasteiger partial charge on any atom is 0.134 e. The summed E-state index contributed by atoms with van der Waals surface area (Å²) >= 11 is 0. The predicted molar refractivity (Wildman–Crippen MR) is 76.0 cm³/mol. The quantitative estimate of drug-likeness (QED) is 0.724. The van der Waals surface area contributed by atoms with Crippen molar-refractivity contribution in [2.75, 3.05) is 51.0 Å². The summed E-state index contributed by atoms with van der Waals surface area (Å²) in [4.78, 5) is 12.6. The second kappa shape index (κ2) is 7.13. The van der Waals surface area contributed by atoms with Gasteiger partial charge in [0.2, 0.25) is 0 Å². The number of rotatable bonds is 7. The molecule has 1 aromatic rings. The van der Waals surface area contributed by atoms with Gasteiger partial charge in [0, 0.05) is 38.8 Å². The lowest BCUT2D eigenvalue weighted by molar-refractivity contribution is 0.425. The first kappa shape index (κ1) is 14.7. The first-order chi connectivity index (χ1) is 8.54. The molecule has 18 heavy (non-hydrogen) atoms. The molecule has 6 nitrogen and oxygen atoms in total. The number of hydrogen-bond donors (Lipinski definition) is 2. The summed E-state index contributed by atoms with van der Waals surface area (Å²) in [5.41, 5.74) is 5.66. The van der Waals surface area contributed by atoms with Gasteiger partial charge in [-0.2, -0.15) is 0 Å². The summed E-state index contributed by atoms with van der Waals surface area (Å²) in [5, 5.41) is 3.28. The fourth-order valence-electron chi connectivity index (χ4n) is 1.43. The Kier molecular flexibility index (Phi) is 5.80. The van der Waals surface area contributed by atoms with E-state index in [1.54, 1.807) is 6.33 Å².